The Hall–Kier alpha value is -5.30. The Morgan fingerprint density at radius 1 is 0.911 bits per heavy atom. The standard InChI is InChI=1S/C44H46F3N5O4/c1-26-19-33(23-51-17-14-32(22-51)43(54)55)39(56-4)21-30(26)12-11-29-7-5-8-36(27(29)2)37-9-6-10-38(28(37)3)49-42-40-31(13-16-48-42)20-34(41(50-40)44(45,46)47)24-52-18-15-35(53)25-52/h5-13,16,19-21,32,35,53H,14-15,17-18,22-25H2,1-4H3,(H,48,49)(H,54,55)/b12-11+/t32-,35-/m1/s1. The number of aromatic nitrogens is 2. The number of hydrogen-bond donors (Lipinski definition) is 3. The molecule has 0 saturated carbocycles. The van der Waals surface area contributed by atoms with Gasteiger partial charge in [-0.1, -0.05) is 48.6 Å². The molecule has 5 aromatic rings. The van der Waals surface area contributed by atoms with Gasteiger partial charge >= 0.3 is 12.1 Å². The molecular weight excluding hydrogens is 720 g/mol. The molecule has 2 aromatic heterocycles. The van der Waals surface area contributed by atoms with Crippen molar-refractivity contribution in [3.8, 4) is 16.9 Å². The van der Waals surface area contributed by atoms with E-state index >= 15 is 0 Å². The number of aliphatic hydroxyl groups excluding tert-OH is 1. The van der Waals surface area contributed by atoms with Gasteiger partial charge in [-0.05, 0) is 109 Å². The maximum absolute atomic E-state index is 14.4. The minimum Gasteiger partial charge on any atom is -0.496 e. The molecular formula is C44H46F3N5O4. The fourth-order valence-corrected chi connectivity index (χ4v) is 7.97. The van der Waals surface area contributed by atoms with Gasteiger partial charge in [0.2, 0.25) is 0 Å². The number of likely N-dealkylation sites (tertiary alicyclic amines) is 2. The van der Waals surface area contributed by atoms with Crippen molar-refractivity contribution in [3.05, 3.63) is 111 Å². The fraction of sp³-hybridized carbons (Fsp3) is 0.341. The summed E-state index contributed by atoms with van der Waals surface area (Å²) in [5, 5.41) is 23.2. The van der Waals surface area contributed by atoms with Gasteiger partial charge in [0.05, 0.1) is 19.1 Å². The molecule has 12 heteroatoms. The van der Waals surface area contributed by atoms with Crippen molar-refractivity contribution in [2.75, 3.05) is 38.6 Å². The second-order valence-electron chi connectivity index (χ2n) is 14.9. The largest absolute Gasteiger partial charge is 0.496 e. The SMILES string of the molecule is COc1cc(/C=C/c2cccc(-c3cccc(Nc4nccc5cc(CN6CC[C@@H](O)C6)c(C(F)(F)F)nc45)c3C)c2C)c(C)cc1CN1CC[C@@H](C(=O)O)C1. The number of anilines is 2. The van der Waals surface area contributed by atoms with E-state index in [2.05, 4.69) is 64.4 Å². The number of pyridine rings is 2. The number of nitrogens with zero attached hydrogens (tertiary/aromatic N) is 4. The second kappa shape index (κ2) is 16.0. The molecule has 0 unspecified atom stereocenters. The van der Waals surface area contributed by atoms with Crippen LogP contribution in [0.1, 0.15) is 57.5 Å². The molecule has 2 aliphatic rings. The number of fused-ring (bicyclic) bond motifs is 1. The number of β-amino-alcohol motifs (C(OH)–C–C–N with tert-alkyl or cyclic N) is 1. The summed E-state index contributed by atoms with van der Waals surface area (Å²) in [5.74, 6) is -0.0990. The molecule has 292 valence electrons. The lowest BCUT2D eigenvalue weighted by Gasteiger charge is -2.20. The number of aliphatic carboxylic acids is 1. The number of aliphatic hydroxyl groups is 1. The number of carboxylic acids is 1. The molecule has 2 fully saturated rings. The van der Waals surface area contributed by atoms with Crippen LogP contribution in [0, 0.1) is 26.7 Å². The van der Waals surface area contributed by atoms with Crippen molar-refractivity contribution >= 4 is 40.5 Å². The van der Waals surface area contributed by atoms with Gasteiger partial charge in [0.1, 0.15) is 17.0 Å². The summed E-state index contributed by atoms with van der Waals surface area (Å²) < 4.78 is 48.9. The molecule has 2 atom stereocenters. The third kappa shape index (κ3) is 8.28. The molecule has 0 amide bonds. The molecule has 7 rings (SSSR count). The highest BCUT2D eigenvalue weighted by molar-refractivity contribution is 5.91. The first kappa shape index (κ1) is 39.0. The van der Waals surface area contributed by atoms with Gasteiger partial charge in [0.25, 0.3) is 0 Å². The number of benzene rings is 3. The highest BCUT2D eigenvalue weighted by Crippen LogP contribution is 2.38. The van der Waals surface area contributed by atoms with E-state index in [1.165, 1.54) is 6.07 Å². The van der Waals surface area contributed by atoms with Crippen LogP contribution in [0.4, 0.5) is 24.7 Å². The van der Waals surface area contributed by atoms with Gasteiger partial charge in [0, 0.05) is 55.6 Å². The number of halogens is 3. The average molecular weight is 766 g/mol. The lowest BCUT2D eigenvalue weighted by Crippen LogP contribution is -2.24. The molecule has 3 aromatic carbocycles. The quantitative estimate of drug-likeness (QED) is 0.114. The Bertz CT molecular complexity index is 2310. The monoisotopic (exact) mass is 765 g/mol. The Morgan fingerprint density at radius 3 is 2.30 bits per heavy atom. The fourth-order valence-electron chi connectivity index (χ4n) is 7.97. The minimum atomic E-state index is -4.67. The van der Waals surface area contributed by atoms with Gasteiger partial charge in [-0.3, -0.25) is 14.6 Å². The summed E-state index contributed by atoms with van der Waals surface area (Å²) in [6.45, 7) is 8.89. The van der Waals surface area contributed by atoms with Crippen molar-refractivity contribution in [1.82, 2.24) is 19.8 Å². The summed E-state index contributed by atoms with van der Waals surface area (Å²) in [6.07, 6.45) is 1.69. The zero-order valence-corrected chi connectivity index (χ0v) is 32.0. The molecule has 2 aliphatic heterocycles. The van der Waals surface area contributed by atoms with E-state index in [0.717, 1.165) is 56.8 Å². The summed E-state index contributed by atoms with van der Waals surface area (Å²) >= 11 is 0. The zero-order valence-electron chi connectivity index (χ0n) is 32.0. The van der Waals surface area contributed by atoms with Gasteiger partial charge in [-0.15, -0.1) is 0 Å². The summed E-state index contributed by atoms with van der Waals surface area (Å²) in [5.41, 5.74) is 8.03. The molecule has 3 N–H and O–H groups in total. The molecule has 0 spiro atoms. The molecule has 0 radical (unpaired) electrons. The van der Waals surface area contributed by atoms with E-state index in [4.69, 9.17) is 4.74 Å². The molecule has 2 saturated heterocycles. The van der Waals surface area contributed by atoms with Crippen LogP contribution in [0.15, 0.2) is 66.9 Å². The summed E-state index contributed by atoms with van der Waals surface area (Å²) in [6, 6.07) is 19.3. The Balaban J connectivity index is 1.14. The predicted octanol–water partition coefficient (Wildman–Crippen LogP) is 8.64. The summed E-state index contributed by atoms with van der Waals surface area (Å²) in [4.78, 5) is 24.0. The first-order valence-electron chi connectivity index (χ1n) is 18.8. The molecule has 0 aliphatic carbocycles. The summed E-state index contributed by atoms with van der Waals surface area (Å²) in [7, 11) is 1.65. The third-order valence-electron chi connectivity index (χ3n) is 11.1. The number of hydrogen-bond acceptors (Lipinski definition) is 8. The van der Waals surface area contributed by atoms with E-state index in [1.54, 1.807) is 19.4 Å². The number of nitrogens with one attached hydrogen (secondary N) is 1. The van der Waals surface area contributed by atoms with E-state index in [-0.39, 0.29) is 29.4 Å². The molecule has 0 bridgehead atoms. The third-order valence-corrected chi connectivity index (χ3v) is 11.1. The van der Waals surface area contributed by atoms with Crippen molar-refractivity contribution < 1.29 is 32.9 Å². The topological polar surface area (TPSA) is 111 Å². The molecule has 56 heavy (non-hydrogen) atoms. The van der Waals surface area contributed by atoms with Gasteiger partial charge < -0.3 is 20.3 Å². The average Bonchev–Trinajstić information content (AvgIpc) is 3.81. The van der Waals surface area contributed by atoms with Crippen molar-refractivity contribution in [2.45, 2.75) is 59.0 Å². The van der Waals surface area contributed by atoms with Crippen molar-refractivity contribution in [2.24, 2.45) is 5.92 Å². The minimum absolute atomic E-state index is 0.0471. The molecule has 4 heterocycles. The number of carbonyl (C=O) groups is 1. The number of rotatable bonds is 11. The number of aryl methyl sites for hydroxylation is 1. The number of carboxylic acid groups (broad SMARTS) is 1. The smallest absolute Gasteiger partial charge is 0.433 e. The first-order chi connectivity index (χ1) is 26.8. The Kier molecular flexibility index (Phi) is 11.2. The number of methoxy groups -OCH3 is 1. The highest BCUT2D eigenvalue weighted by Gasteiger charge is 2.37. The lowest BCUT2D eigenvalue weighted by molar-refractivity contribution is -0.142. The van der Waals surface area contributed by atoms with E-state index in [9.17, 15) is 28.2 Å². The van der Waals surface area contributed by atoms with Crippen LogP contribution in [0.5, 0.6) is 5.75 Å². The lowest BCUT2D eigenvalue weighted by atomic mass is 9.92. The van der Waals surface area contributed by atoms with Crippen LogP contribution in [0.2, 0.25) is 0 Å². The van der Waals surface area contributed by atoms with Crippen LogP contribution in [-0.4, -0.2) is 75.3 Å². The second-order valence-corrected chi connectivity index (χ2v) is 14.9. The molecule has 9 nitrogen and oxygen atoms in total. The van der Waals surface area contributed by atoms with Crippen LogP contribution < -0.4 is 10.1 Å². The van der Waals surface area contributed by atoms with Crippen LogP contribution in [0.25, 0.3) is 34.2 Å². The maximum atomic E-state index is 14.4. The van der Waals surface area contributed by atoms with Gasteiger partial charge in [-0.25, -0.2) is 9.97 Å². The highest BCUT2D eigenvalue weighted by atomic mass is 19.4. The number of ether oxygens (including phenoxy) is 1. The van der Waals surface area contributed by atoms with Crippen molar-refractivity contribution in [3.63, 3.8) is 0 Å². The zero-order chi connectivity index (χ0) is 39.7. The van der Waals surface area contributed by atoms with E-state index < -0.39 is 23.9 Å². The van der Waals surface area contributed by atoms with Gasteiger partial charge in [-0.2, -0.15) is 13.2 Å². The van der Waals surface area contributed by atoms with E-state index in [1.807, 2.05) is 42.2 Å². The van der Waals surface area contributed by atoms with Gasteiger partial charge in [0.15, 0.2) is 5.82 Å². The Labute approximate surface area is 324 Å². The maximum Gasteiger partial charge on any atom is 0.433 e. The van der Waals surface area contributed by atoms with Crippen LogP contribution in [0.3, 0.4) is 0 Å². The van der Waals surface area contributed by atoms with Crippen molar-refractivity contribution in [1.29, 1.82) is 0 Å². The Morgan fingerprint density at radius 2 is 1.61 bits per heavy atom. The van der Waals surface area contributed by atoms with Crippen LogP contribution >= 0.6 is 0 Å². The number of alkyl halides is 3. The van der Waals surface area contributed by atoms with Crippen LogP contribution in [-0.2, 0) is 24.1 Å². The predicted molar refractivity (Wildman–Crippen MR) is 213 cm³/mol. The first-order valence-corrected chi connectivity index (χ1v) is 18.8. The normalized spacial score (nSPS) is 18.0. The van der Waals surface area contributed by atoms with E-state index in [0.29, 0.717) is 50.1 Å².